The van der Waals surface area contributed by atoms with Gasteiger partial charge in [0.05, 0.1) is 29.7 Å². The summed E-state index contributed by atoms with van der Waals surface area (Å²) in [4.78, 5) is 19.8. The van der Waals surface area contributed by atoms with Crippen molar-refractivity contribution in [1.29, 1.82) is 0 Å². The molecule has 1 aliphatic carbocycles. The highest BCUT2D eigenvalue weighted by molar-refractivity contribution is 6.05. The number of carbonyl (C=O) groups is 1. The summed E-state index contributed by atoms with van der Waals surface area (Å²) in [7, 11) is 0. The minimum absolute atomic E-state index is 0.0617. The number of pyridine rings is 1. The number of anilines is 2. The summed E-state index contributed by atoms with van der Waals surface area (Å²) >= 11 is 0. The van der Waals surface area contributed by atoms with E-state index in [-0.39, 0.29) is 18.1 Å². The Morgan fingerprint density at radius 2 is 1.80 bits per heavy atom. The van der Waals surface area contributed by atoms with E-state index in [1.54, 1.807) is 6.20 Å². The maximum atomic E-state index is 13.0. The van der Waals surface area contributed by atoms with Crippen molar-refractivity contribution in [3.8, 4) is 0 Å². The monoisotopic (exact) mass is 410 g/mol. The third-order valence-corrected chi connectivity index (χ3v) is 6.42. The number of rotatable bonds is 4. The Kier molecular flexibility index (Phi) is 6.14. The Labute approximate surface area is 179 Å². The van der Waals surface area contributed by atoms with Crippen molar-refractivity contribution in [2.75, 3.05) is 23.3 Å². The quantitative estimate of drug-likeness (QED) is 0.781. The third kappa shape index (κ3) is 4.38. The van der Waals surface area contributed by atoms with Crippen LogP contribution in [0.3, 0.4) is 0 Å². The van der Waals surface area contributed by atoms with Gasteiger partial charge in [0.1, 0.15) is 5.82 Å². The van der Waals surface area contributed by atoms with Crippen LogP contribution in [-0.2, 0) is 4.74 Å². The van der Waals surface area contributed by atoms with E-state index >= 15 is 0 Å². The molecule has 2 aromatic heterocycles. The fourth-order valence-corrected chi connectivity index (χ4v) is 5.12. The fraction of sp³-hybridized carbons (Fsp3) is 0.583. The van der Waals surface area contributed by atoms with E-state index in [2.05, 4.69) is 47.5 Å². The SMILES string of the molecule is Cc1cc(C(=O)Nc2ccc(N3CC(C)OC(C)C3)nc2)c(C)n1C1CCCCC1. The third-order valence-electron chi connectivity index (χ3n) is 6.42. The number of morpholine rings is 1. The second-order valence-corrected chi connectivity index (χ2v) is 8.97. The topological polar surface area (TPSA) is 59.4 Å². The Morgan fingerprint density at radius 3 is 2.43 bits per heavy atom. The zero-order chi connectivity index (χ0) is 21.3. The summed E-state index contributed by atoms with van der Waals surface area (Å²) in [6.45, 7) is 10.0. The second kappa shape index (κ2) is 8.80. The van der Waals surface area contributed by atoms with Crippen molar-refractivity contribution in [1.82, 2.24) is 9.55 Å². The van der Waals surface area contributed by atoms with E-state index in [0.29, 0.717) is 6.04 Å². The molecule has 0 aromatic carbocycles. The number of carbonyl (C=O) groups excluding carboxylic acids is 1. The van der Waals surface area contributed by atoms with E-state index in [1.165, 1.54) is 37.8 Å². The molecular formula is C24H34N4O2. The van der Waals surface area contributed by atoms with Gasteiger partial charge in [-0.05, 0) is 58.7 Å². The Bertz CT molecular complexity index is 873. The van der Waals surface area contributed by atoms with Crippen LogP contribution in [0, 0.1) is 13.8 Å². The first-order chi connectivity index (χ1) is 14.4. The number of hydrogen-bond donors (Lipinski definition) is 1. The second-order valence-electron chi connectivity index (χ2n) is 8.97. The molecule has 1 aliphatic heterocycles. The van der Waals surface area contributed by atoms with Gasteiger partial charge in [0.15, 0.2) is 0 Å². The van der Waals surface area contributed by atoms with Gasteiger partial charge in [0, 0.05) is 30.5 Å². The molecule has 1 N–H and O–H groups in total. The van der Waals surface area contributed by atoms with Crippen molar-refractivity contribution in [2.24, 2.45) is 0 Å². The van der Waals surface area contributed by atoms with Gasteiger partial charge in [-0.3, -0.25) is 4.79 Å². The van der Waals surface area contributed by atoms with Crippen LogP contribution >= 0.6 is 0 Å². The Morgan fingerprint density at radius 1 is 1.10 bits per heavy atom. The first-order valence-electron chi connectivity index (χ1n) is 11.3. The van der Waals surface area contributed by atoms with Gasteiger partial charge >= 0.3 is 0 Å². The first kappa shape index (κ1) is 20.9. The summed E-state index contributed by atoms with van der Waals surface area (Å²) in [6.07, 6.45) is 8.43. The lowest BCUT2D eigenvalue weighted by Gasteiger charge is -2.36. The molecule has 2 aromatic rings. The van der Waals surface area contributed by atoms with Crippen LogP contribution in [0.2, 0.25) is 0 Å². The summed E-state index contributed by atoms with van der Waals surface area (Å²) in [5.41, 5.74) is 3.73. The van der Waals surface area contributed by atoms with Crippen LogP contribution in [0.15, 0.2) is 24.4 Å². The van der Waals surface area contributed by atoms with Crippen LogP contribution in [0.1, 0.15) is 73.7 Å². The van der Waals surface area contributed by atoms with Gasteiger partial charge in [-0.2, -0.15) is 0 Å². The number of amides is 1. The van der Waals surface area contributed by atoms with Gasteiger partial charge < -0.3 is 19.5 Å². The largest absolute Gasteiger partial charge is 0.372 e. The zero-order valence-corrected chi connectivity index (χ0v) is 18.6. The lowest BCUT2D eigenvalue weighted by Crippen LogP contribution is -2.45. The molecule has 6 nitrogen and oxygen atoms in total. The van der Waals surface area contributed by atoms with Crippen molar-refractivity contribution in [2.45, 2.75) is 78.0 Å². The number of nitrogens with zero attached hydrogens (tertiary/aromatic N) is 3. The first-order valence-corrected chi connectivity index (χ1v) is 11.3. The van der Waals surface area contributed by atoms with Gasteiger partial charge in [-0.1, -0.05) is 19.3 Å². The standard InChI is InChI=1S/C24H34N4O2/c1-16-12-22(19(4)28(16)21-8-6-5-7-9-21)24(29)26-20-10-11-23(25-13-20)27-14-17(2)30-18(3)15-27/h10-13,17-18,21H,5-9,14-15H2,1-4H3,(H,26,29). The highest BCUT2D eigenvalue weighted by atomic mass is 16.5. The number of ether oxygens (including phenoxy) is 1. The van der Waals surface area contributed by atoms with Gasteiger partial charge in [-0.15, -0.1) is 0 Å². The molecule has 30 heavy (non-hydrogen) atoms. The molecule has 1 saturated carbocycles. The lowest BCUT2D eigenvalue weighted by atomic mass is 9.95. The van der Waals surface area contributed by atoms with Crippen LogP contribution < -0.4 is 10.2 Å². The van der Waals surface area contributed by atoms with Crippen LogP contribution in [0.4, 0.5) is 11.5 Å². The number of nitrogens with one attached hydrogen (secondary N) is 1. The van der Waals surface area contributed by atoms with Crippen LogP contribution in [0.5, 0.6) is 0 Å². The molecule has 1 saturated heterocycles. The van der Waals surface area contributed by atoms with Gasteiger partial charge in [-0.25, -0.2) is 4.98 Å². The van der Waals surface area contributed by atoms with E-state index in [0.717, 1.165) is 35.9 Å². The smallest absolute Gasteiger partial charge is 0.257 e. The zero-order valence-electron chi connectivity index (χ0n) is 18.6. The molecule has 2 aliphatic rings. The predicted octanol–water partition coefficient (Wildman–Crippen LogP) is 4.87. The van der Waals surface area contributed by atoms with Crippen LogP contribution in [-0.4, -0.2) is 40.8 Å². The summed E-state index contributed by atoms with van der Waals surface area (Å²) in [5.74, 6) is 0.860. The molecule has 2 unspecified atom stereocenters. The van der Waals surface area contributed by atoms with E-state index in [4.69, 9.17) is 4.74 Å². The highest BCUT2D eigenvalue weighted by Crippen LogP contribution is 2.32. The van der Waals surface area contributed by atoms with Crippen molar-refractivity contribution in [3.63, 3.8) is 0 Å². The Balaban J connectivity index is 1.45. The highest BCUT2D eigenvalue weighted by Gasteiger charge is 2.24. The lowest BCUT2D eigenvalue weighted by molar-refractivity contribution is -0.00545. The molecule has 0 bridgehead atoms. The number of hydrogen-bond acceptors (Lipinski definition) is 4. The molecule has 0 radical (unpaired) electrons. The van der Waals surface area contributed by atoms with E-state index in [9.17, 15) is 4.79 Å². The average Bonchev–Trinajstić information content (AvgIpc) is 3.02. The minimum Gasteiger partial charge on any atom is -0.372 e. The van der Waals surface area contributed by atoms with Crippen molar-refractivity contribution >= 4 is 17.4 Å². The normalized spacial score (nSPS) is 22.9. The maximum Gasteiger partial charge on any atom is 0.257 e. The maximum absolute atomic E-state index is 13.0. The molecule has 3 heterocycles. The molecule has 1 amide bonds. The van der Waals surface area contributed by atoms with Crippen molar-refractivity contribution < 1.29 is 9.53 Å². The molecule has 4 rings (SSSR count). The summed E-state index contributed by atoms with van der Waals surface area (Å²) < 4.78 is 8.17. The molecular weight excluding hydrogens is 376 g/mol. The summed E-state index contributed by atoms with van der Waals surface area (Å²) in [5, 5.41) is 3.03. The van der Waals surface area contributed by atoms with E-state index in [1.807, 2.05) is 18.2 Å². The number of aromatic nitrogens is 2. The number of aryl methyl sites for hydroxylation is 1. The molecule has 6 heteroatoms. The van der Waals surface area contributed by atoms with E-state index < -0.39 is 0 Å². The van der Waals surface area contributed by atoms with Gasteiger partial charge in [0.25, 0.3) is 5.91 Å². The molecule has 2 fully saturated rings. The molecule has 2 atom stereocenters. The average molecular weight is 411 g/mol. The molecule has 0 spiro atoms. The molecule has 162 valence electrons. The van der Waals surface area contributed by atoms with Gasteiger partial charge in [0.2, 0.25) is 0 Å². The Hall–Kier alpha value is -2.34. The minimum atomic E-state index is -0.0617. The van der Waals surface area contributed by atoms with Crippen LogP contribution in [0.25, 0.3) is 0 Å². The fourth-order valence-electron chi connectivity index (χ4n) is 5.12. The summed E-state index contributed by atoms with van der Waals surface area (Å²) in [6, 6.07) is 6.47. The van der Waals surface area contributed by atoms with Crippen molar-refractivity contribution in [3.05, 3.63) is 41.3 Å². The predicted molar refractivity (Wildman–Crippen MR) is 120 cm³/mol.